The average Bonchev–Trinajstić information content (AvgIpc) is 2.47. The van der Waals surface area contributed by atoms with E-state index in [4.69, 9.17) is 11.1 Å². The highest BCUT2D eigenvalue weighted by molar-refractivity contribution is 6.01. The predicted octanol–water partition coefficient (Wildman–Crippen LogP) is 3.58. The quantitative estimate of drug-likeness (QED) is 0.654. The van der Waals surface area contributed by atoms with E-state index < -0.39 is 0 Å². The number of nitrogen functional groups attached to an aromatic ring is 1. The third-order valence-electron chi connectivity index (χ3n) is 4.03. The molecule has 1 heterocycles. The van der Waals surface area contributed by atoms with Gasteiger partial charge in [-0.05, 0) is 49.6 Å². The molecule has 3 rings (SSSR count). The molecule has 1 aliphatic heterocycles. The lowest BCUT2D eigenvalue weighted by Gasteiger charge is -2.38. The van der Waals surface area contributed by atoms with Crippen molar-refractivity contribution in [2.45, 2.75) is 25.8 Å². The number of halogens is 1. The second-order valence-electron chi connectivity index (χ2n) is 5.46. The molecule has 0 aliphatic carbocycles. The molecule has 2 aromatic rings. The van der Waals surface area contributed by atoms with E-state index in [9.17, 15) is 4.39 Å². The molecule has 0 radical (unpaired) electrons. The summed E-state index contributed by atoms with van der Waals surface area (Å²) >= 11 is 0. The van der Waals surface area contributed by atoms with Gasteiger partial charge in [-0.15, -0.1) is 0 Å². The monoisotopic (exact) mass is 283 g/mol. The first-order valence-corrected chi connectivity index (χ1v) is 7.09. The Morgan fingerprint density at radius 1 is 1.24 bits per heavy atom. The van der Waals surface area contributed by atoms with E-state index in [1.807, 2.05) is 12.1 Å². The van der Waals surface area contributed by atoms with Gasteiger partial charge < -0.3 is 10.6 Å². The van der Waals surface area contributed by atoms with Gasteiger partial charge in [-0.25, -0.2) is 4.39 Å². The Morgan fingerprint density at radius 2 is 2.00 bits per heavy atom. The number of nitrogens with zero attached hydrogens (tertiary/aromatic N) is 1. The van der Waals surface area contributed by atoms with E-state index in [1.54, 1.807) is 6.07 Å². The van der Waals surface area contributed by atoms with Crippen LogP contribution in [0.25, 0.3) is 0 Å². The van der Waals surface area contributed by atoms with E-state index in [1.165, 1.54) is 17.7 Å². The number of nitrogens with one attached hydrogen (secondary N) is 1. The Hall–Kier alpha value is -2.36. The zero-order chi connectivity index (χ0) is 15.0. The van der Waals surface area contributed by atoms with Crippen molar-refractivity contribution in [1.29, 1.82) is 5.41 Å². The lowest BCUT2D eigenvalue weighted by atomic mass is 9.95. The molecule has 108 valence electrons. The average molecular weight is 283 g/mol. The standard InChI is InChI=1S/C17H18FN3/c1-11-6-7-12-4-2-3-5-15(12)21(11)16-9-8-13(18)10-14(16)17(19)20/h2-5,8-11H,6-7H2,1H3,(H3,19,20). The first kappa shape index (κ1) is 13.6. The summed E-state index contributed by atoms with van der Waals surface area (Å²) in [6, 6.07) is 13.0. The maximum atomic E-state index is 13.5. The summed E-state index contributed by atoms with van der Waals surface area (Å²) in [5.41, 5.74) is 9.27. The van der Waals surface area contributed by atoms with Crippen LogP contribution >= 0.6 is 0 Å². The lowest BCUT2D eigenvalue weighted by molar-refractivity contribution is 0.612. The van der Waals surface area contributed by atoms with Gasteiger partial charge in [0.1, 0.15) is 11.7 Å². The summed E-state index contributed by atoms with van der Waals surface area (Å²) in [6.45, 7) is 2.14. The molecule has 0 saturated heterocycles. The van der Waals surface area contributed by atoms with Gasteiger partial charge in [0.15, 0.2) is 0 Å². The van der Waals surface area contributed by atoms with E-state index >= 15 is 0 Å². The molecular weight excluding hydrogens is 265 g/mol. The number of benzene rings is 2. The first-order chi connectivity index (χ1) is 10.1. The number of nitrogens with two attached hydrogens (primary N) is 1. The van der Waals surface area contributed by atoms with Gasteiger partial charge in [-0.3, -0.25) is 5.41 Å². The van der Waals surface area contributed by atoms with Crippen LogP contribution < -0.4 is 10.6 Å². The van der Waals surface area contributed by atoms with Crippen LogP contribution in [0.3, 0.4) is 0 Å². The first-order valence-electron chi connectivity index (χ1n) is 7.09. The summed E-state index contributed by atoms with van der Waals surface area (Å²) in [6.07, 6.45) is 2.05. The number of hydrogen-bond donors (Lipinski definition) is 2. The zero-order valence-corrected chi connectivity index (χ0v) is 11.9. The van der Waals surface area contributed by atoms with Gasteiger partial charge in [0.05, 0.1) is 5.69 Å². The van der Waals surface area contributed by atoms with Crippen LogP contribution in [0.4, 0.5) is 15.8 Å². The minimum Gasteiger partial charge on any atom is -0.384 e. The van der Waals surface area contributed by atoms with Crippen molar-refractivity contribution in [2.24, 2.45) is 5.73 Å². The van der Waals surface area contributed by atoms with E-state index in [0.29, 0.717) is 5.56 Å². The molecule has 1 aliphatic rings. The number of para-hydroxylation sites is 1. The molecule has 3 nitrogen and oxygen atoms in total. The third kappa shape index (κ3) is 2.37. The summed E-state index contributed by atoms with van der Waals surface area (Å²) in [5.74, 6) is -0.485. The minimum atomic E-state index is -0.373. The fraction of sp³-hybridized carbons (Fsp3) is 0.235. The predicted molar refractivity (Wildman–Crippen MR) is 83.8 cm³/mol. The molecular formula is C17H18FN3. The smallest absolute Gasteiger partial charge is 0.125 e. The largest absolute Gasteiger partial charge is 0.384 e. The SMILES string of the molecule is CC1CCc2ccccc2N1c1ccc(F)cc1C(=N)N. The Kier molecular flexibility index (Phi) is 3.37. The molecule has 0 bridgehead atoms. The number of aryl methyl sites for hydroxylation is 1. The van der Waals surface area contributed by atoms with Gasteiger partial charge in [-0.1, -0.05) is 18.2 Å². The number of amidine groups is 1. The minimum absolute atomic E-state index is 0.111. The van der Waals surface area contributed by atoms with Crippen LogP contribution in [0.15, 0.2) is 42.5 Å². The fourth-order valence-electron chi connectivity index (χ4n) is 2.99. The maximum Gasteiger partial charge on any atom is 0.125 e. The molecule has 0 spiro atoms. The highest BCUT2D eigenvalue weighted by Crippen LogP contribution is 2.38. The molecule has 0 fully saturated rings. The van der Waals surface area contributed by atoms with Crippen molar-refractivity contribution in [3.63, 3.8) is 0 Å². The molecule has 0 saturated carbocycles. The Labute approximate surface area is 123 Å². The van der Waals surface area contributed by atoms with Gasteiger partial charge in [-0.2, -0.15) is 0 Å². The highest BCUT2D eigenvalue weighted by atomic mass is 19.1. The van der Waals surface area contributed by atoms with Crippen LogP contribution in [0.2, 0.25) is 0 Å². The van der Waals surface area contributed by atoms with E-state index in [2.05, 4.69) is 24.0 Å². The normalized spacial score (nSPS) is 17.4. The second-order valence-corrected chi connectivity index (χ2v) is 5.46. The molecule has 3 N–H and O–H groups in total. The molecule has 4 heteroatoms. The van der Waals surface area contributed by atoms with E-state index in [0.717, 1.165) is 24.2 Å². The van der Waals surface area contributed by atoms with Crippen LogP contribution in [-0.2, 0) is 6.42 Å². The van der Waals surface area contributed by atoms with Crippen molar-refractivity contribution >= 4 is 17.2 Å². The van der Waals surface area contributed by atoms with Crippen LogP contribution in [0, 0.1) is 11.2 Å². The fourth-order valence-corrected chi connectivity index (χ4v) is 2.99. The molecule has 2 aromatic carbocycles. The summed E-state index contributed by atoms with van der Waals surface area (Å²) in [4.78, 5) is 2.16. The van der Waals surface area contributed by atoms with Crippen LogP contribution in [0.1, 0.15) is 24.5 Å². The number of anilines is 2. The van der Waals surface area contributed by atoms with Gasteiger partial charge >= 0.3 is 0 Å². The molecule has 21 heavy (non-hydrogen) atoms. The van der Waals surface area contributed by atoms with Gasteiger partial charge in [0, 0.05) is 17.3 Å². The molecule has 0 amide bonds. The van der Waals surface area contributed by atoms with Crippen molar-refractivity contribution in [1.82, 2.24) is 0 Å². The van der Waals surface area contributed by atoms with Crippen molar-refractivity contribution < 1.29 is 4.39 Å². The number of hydrogen-bond acceptors (Lipinski definition) is 2. The Bertz CT molecular complexity index is 696. The Morgan fingerprint density at radius 3 is 2.76 bits per heavy atom. The second kappa shape index (κ2) is 5.20. The molecule has 1 atom stereocenters. The summed E-state index contributed by atoms with van der Waals surface area (Å²) in [7, 11) is 0. The van der Waals surface area contributed by atoms with Crippen LogP contribution in [0.5, 0.6) is 0 Å². The summed E-state index contributed by atoms with van der Waals surface area (Å²) in [5, 5.41) is 7.73. The van der Waals surface area contributed by atoms with Crippen molar-refractivity contribution in [3.05, 3.63) is 59.4 Å². The zero-order valence-electron chi connectivity index (χ0n) is 11.9. The van der Waals surface area contributed by atoms with Crippen molar-refractivity contribution in [3.8, 4) is 0 Å². The lowest BCUT2D eigenvalue weighted by Crippen LogP contribution is -2.34. The summed E-state index contributed by atoms with van der Waals surface area (Å²) < 4.78 is 13.5. The third-order valence-corrected chi connectivity index (χ3v) is 4.03. The van der Waals surface area contributed by atoms with Crippen LogP contribution in [-0.4, -0.2) is 11.9 Å². The Balaban J connectivity index is 2.18. The number of fused-ring (bicyclic) bond motifs is 1. The highest BCUT2D eigenvalue weighted by Gasteiger charge is 2.26. The molecule has 0 aromatic heterocycles. The molecule has 1 unspecified atom stereocenters. The van der Waals surface area contributed by atoms with Crippen molar-refractivity contribution in [2.75, 3.05) is 4.90 Å². The van der Waals surface area contributed by atoms with E-state index in [-0.39, 0.29) is 17.7 Å². The number of rotatable bonds is 2. The maximum absolute atomic E-state index is 13.5. The van der Waals surface area contributed by atoms with Gasteiger partial charge in [0.2, 0.25) is 0 Å². The topological polar surface area (TPSA) is 53.1 Å². The van der Waals surface area contributed by atoms with Gasteiger partial charge in [0.25, 0.3) is 0 Å².